The maximum atomic E-state index is 13.0. The summed E-state index contributed by atoms with van der Waals surface area (Å²) in [5.41, 5.74) is -1.02. The molecule has 25 heavy (non-hydrogen) atoms. The number of anilines is 2. The average Bonchev–Trinajstić information content (AvgIpc) is 2.91. The van der Waals surface area contributed by atoms with Gasteiger partial charge in [0.05, 0.1) is 16.8 Å². The molecular formula is C17H10F3N3OS. The molecule has 3 rings (SSSR count). The highest BCUT2D eigenvalue weighted by Gasteiger charge is 2.33. The van der Waals surface area contributed by atoms with Crippen molar-refractivity contribution in [1.82, 2.24) is 0 Å². The van der Waals surface area contributed by atoms with Gasteiger partial charge in [0, 0.05) is 10.1 Å². The second kappa shape index (κ2) is 6.45. The summed E-state index contributed by atoms with van der Waals surface area (Å²) in [7, 11) is 0. The number of nitrogens with zero attached hydrogens (tertiary/aromatic N) is 1. The lowest BCUT2D eigenvalue weighted by Gasteiger charge is -2.13. The molecule has 0 spiro atoms. The summed E-state index contributed by atoms with van der Waals surface area (Å²) in [6, 6.07) is 12.9. The number of thiophene rings is 1. The van der Waals surface area contributed by atoms with E-state index in [9.17, 15) is 23.2 Å². The third-order valence-electron chi connectivity index (χ3n) is 3.42. The number of urea groups is 1. The Morgan fingerprint density at radius 3 is 2.44 bits per heavy atom. The third kappa shape index (κ3) is 3.41. The molecule has 2 aromatic carbocycles. The van der Waals surface area contributed by atoms with Crippen molar-refractivity contribution in [2.75, 3.05) is 10.6 Å². The Hall–Kier alpha value is -3.05. The first-order chi connectivity index (χ1) is 11.9. The molecule has 2 amide bonds. The number of carbonyl (C=O) groups is 1. The summed E-state index contributed by atoms with van der Waals surface area (Å²) in [6.45, 7) is 0. The number of nitriles is 1. The molecule has 8 heteroatoms. The summed E-state index contributed by atoms with van der Waals surface area (Å²) in [6.07, 6.45) is -4.58. The van der Waals surface area contributed by atoms with Crippen molar-refractivity contribution in [3.8, 4) is 6.07 Å². The van der Waals surface area contributed by atoms with E-state index in [1.807, 2.05) is 6.07 Å². The van der Waals surface area contributed by atoms with Gasteiger partial charge in [0.15, 0.2) is 0 Å². The Bertz CT molecular complexity index is 989. The fourth-order valence-electron chi connectivity index (χ4n) is 2.34. The monoisotopic (exact) mass is 361 g/mol. The van der Waals surface area contributed by atoms with Crippen LogP contribution in [0, 0.1) is 11.3 Å². The number of halogens is 3. The minimum absolute atomic E-state index is 0.278. The lowest BCUT2D eigenvalue weighted by molar-refractivity contribution is -0.136. The van der Waals surface area contributed by atoms with Crippen LogP contribution in [0.5, 0.6) is 0 Å². The molecular weight excluding hydrogens is 351 g/mol. The number of carbonyl (C=O) groups excluding carboxylic acids is 1. The molecule has 0 bridgehead atoms. The predicted molar refractivity (Wildman–Crippen MR) is 90.6 cm³/mol. The molecule has 0 saturated heterocycles. The maximum Gasteiger partial charge on any atom is 0.418 e. The first-order valence-electron chi connectivity index (χ1n) is 7.06. The van der Waals surface area contributed by atoms with E-state index in [0.717, 1.165) is 10.8 Å². The molecule has 4 nitrogen and oxygen atoms in total. The van der Waals surface area contributed by atoms with Crippen molar-refractivity contribution < 1.29 is 18.0 Å². The number of hydrogen-bond donors (Lipinski definition) is 2. The van der Waals surface area contributed by atoms with Gasteiger partial charge in [-0.05, 0) is 18.2 Å². The van der Waals surface area contributed by atoms with Gasteiger partial charge in [0.2, 0.25) is 0 Å². The molecule has 0 aliphatic rings. The highest BCUT2D eigenvalue weighted by molar-refractivity contribution is 7.23. The van der Waals surface area contributed by atoms with Crippen molar-refractivity contribution in [2.45, 2.75) is 6.18 Å². The van der Waals surface area contributed by atoms with E-state index in [-0.39, 0.29) is 16.3 Å². The number of amides is 2. The third-order valence-corrected chi connectivity index (χ3v) is 4.50. The van der Waals surface area contributed by atoms with Crippen molar-refractivity contribution in [3.63, 3.8) is 0 Å². The Labute approximate surface area is 144 Å². The van der Waals surface area contributed by atoms with Gasteiger partial charge < -0.3 is 5.32 Å². The quantitative estimate of drug-likeness (QED) is 0.639. The molecule has 2 N–H and O–H groups in total. The SMILES string of the molecule is N#Cc1c(NC(=O)Nc2ccccc2C(F)(F)F)sc2ccccc12. The molecule has 0 atom stereocenters. The molecule has 0 aliphatic carbocycles. The van der Waals surface area contributed by atoms with E-state index in [1.165, 1.54) is 29.5 Å². The van der Waals surface area contributed by atoms with Gasteiger partial charge in [0.1, 0.15) is 11.1 Å². The van der Waals surface area contributed by atoms with Crippen LogP contribution < -0.4 is 10.6 Å². The first kappa shape index (κ1) is 16.8. The second-order valence-corrected chi connectivity index (χ2v) is 6.09. The van der Waals surface area contributed by atoms with Crippen LogP contribution in [0.1, 0.15) is 11.1 Å². The van der Waals surface area contributed by atoms with E-state index in [4.69, 9.17) is 0 Å². The fraction of sp³-hybridized carbons (Fsp3) is 0.0588. The van der Waals surface area contributed by atoms with Crippen molar-refractivity contribution in [2.24, 2.45) is 0 Å². The van der Waals surface area contributed by atoms with E-state index in [0.29, 0.717) is 5.39 Å². The van der Waals surface area contributed by atoms with Crippen LogP contribution in [0.2, 0.25) is 0 Å². The summed E-state index contributed by atoms with van der Waals surface area (Å²) in [5, 5.41) is 14.9. The highest BCUT2D eigenvalue weighted by atomic mass is 32.1. The molecule has 0 unspecified atom stereocenters. The van der Waals surface area contributed by atoms with Gasteiger partial charge in [-0.3, -0.25) is 5.32 Å². The maximum absolute atomic E-state index is 13.0. The van der Waals surface area contributed by atoms with Gasteiger partial charge in [0.25, 0.3) is 0 Å². The minimum atomic E-state index is -4.58. The molecule has 3 aromatic rings. The fourth-order valence-corrected chi connectivity index (χ4v) is 3.39. The van der Waals surface area contributed by atoms with Crippen LogP contribution in [-0.2, 0) is 6.18 Å². The van der Waals surface area contributed by atoms with E-state index >= 15 is 0 Å². The molecule has 1 heterocycles. The summed E-state index contributed by atoms with van der Waals surface area (Å²) < 4.78 is 39.7. The summed E-state index contributed by atoms with van der Waals surface area (Å²) in [5.74, 6) is 0. The second-order valence-electron chi connectivity index (χ2n) is 5.04. The lowest BCUT2D eigenvalue weighted by atomic mass is 10.1. The van der Waals surface area contributed by atoms with E-state index < -0.39 is 17.8 Å². The van der Waals surface area contributed by atoms with Crippen LogP contribution in [0.15, 0.2) is 48.5 Å². The molecule has 0 saturated carbocycles. The van der Waals surface area contributed by atoms with Crippen molar-refractivity contribution in [3.05, 3.63) is 59.7 Å². The van der Waals surface area contributed by atoms with Gasteiger partial charge in [-0.25, -0.2) is 4.79 Å². The van der Waals surface area contributed by atoms with Crippen molar-refractivity contribution in [1.29, 1.82) is 5.26 Å². The van der Waals surface area contributed by atoms with Gasteiger partial charge >= 0.3 is 12.2 Å². The smallest absolute Gasteiger partial charge is 0.307 e. The number of fused-ring (bicyclic) bond motifs is 1. The summed E-state index contributed by atoms with van der Waals surface area (Å²) >= 11 is 1.18. The topological polar surface area (TPSA) is 64.9 Å². The molecule has 0 fully saturated rings. The Kier molecular flexibility index (Phi) is 4.33. The predicted octanol–water partition coefficient (Wildman–Crippen LogP) is 5.44. The van der Waals surface area contributed by atoms with Crippen molar-refractivity contribution >= 4 is 38.1 Å². The number of hydrogen-bond acceptors (Lipinski definition) is 3. The number of nitrogens with one attached hydrogen (secondary N) is 2. The molecule has 126 valence electrons. The van der Waals surface area contributed by atoms with Crippen LogP contribution in [0.3, 0.4) is 0 Å². The molecule has 1 aromatic heterocycles. The van der Waals surface area contributed by atoms with Crippen LogP contribution in [-0.4, -0.2) is 6.03 Å². The van der Waals surface area contributed by atoms with Crippen LogP contribution in [0.25, 0.3) is 10.1 Å². The largest absolute Gasteiger partial charge is 0.418 e. The lowest BCUT2D eigenvalue weighted by Crippen LogP contribution is -2.21. The Morgan fingerprint density at radius 1 is 1.04 bits per heavy atom. The van der Waals surface area contributed by atoms with Gasteiger partial charge in [-0.15, -0.1) is 11.3 Å². The highest BCUT2D eigenvalue weighted by Crippen LogP contribution is 2.36. The van der Waals surface area contributed by atoms with E-state index in [2.05, 4.69) is 10.6 Å². The van der Waals surface area contributed by atoms with E-state index in [1.54, 1.807) is 24.3 Å². The number of para-hydroxylation sites is 1. The minimum Gasteiger partial charge on any atom is -0.307 e. The van der Waals surface area contributed by atoms with Crippen LogP contribution in [0.4, 0.5) is 28.7 Å². The Balaban J connectivity index is 1.87. The normalized spacial score (nSPS) is 11.1. The zero-order valence-electron chi connectivity index (χ0n) is 12.5. The molecule has 0 radical (unpaired) electrons. The summed E-state index contributed by atoms with van der Waals surface area (Å²) in [4.78, 5) is 12.1. The number of benzene rings is 2. The average molecular weight is 361 g/mol. The standard InChI is InChI=1S/C17H10F3N3OS/c18-17(19,20)12-6-2-3-7-13(12)22-16(24)23-15-11(9-21)10-5-1-4-8-14(10)25-15/h1-8H,(H2,22,23,24). The molecule has 0 aliphatic heterocycles. The number of alkyl halides is 3. The van der Waals surface area contributed by atoms with Gasteiger partial charge in [-0.2, -0.15) is 18.4 Å². The zero-order chi connectivity index (χ0) is 18.0. The first-order valence-corrected chi connectivity index (χ1v) is 7.87. The zero-order valence-corrected chi connectivity index (χ0v) is 13.3. The number of rotatable bonds is 2. The van der Waals surface area contributed by atoms with Gasteiger partial charge in [-0.1, -0.05) is 30.3 Å². The van der Waals surface area contributed by atoms with Crippen LogP contribution >= 0.6 is 11.3 Å². The Morgan fingerprint density at radius 2 is 1.72 bits per heavy atom.